The number of nitriles is 1. The zero-order valence-corrected chi connectivity index (χ0v) is 9.50. The van der Waals surface area contributed by atoms with Crippen molar-refractivity contribution in [1.29, 1.82) is 5.26 Å². The minimum Gasteiger partial charge on any atom is -0.497 e. The molecule has 80 valence electrons. The summed E-state index contributed by atoms with van der Waals surface area (Å²) < 4.78 is 10.4. The molecule has 0 bridgehead atoms. The predicted octanol–water partition coefficient (Wildman–Crippen LogP) is 2.70. The molecule has 3 nitrogen and oxygen atoms in total. The van der Waals surface area contributed by atoms with E-state index in [2.05, 4.69) is 6.07 Å². The summed E-state index contributed by atoms with van der Waals surface area (Å²) in [6, 6.07) is 5.70. The lowest BCUT2D eigenvalue weighted by Crippen LogP contribution is -1.99. The fourth-order valence-electron chi connectivity index (χ4n) is 1.58. The Kier molecular flexibility index (Phi) is 3.56. The second-order valence-corrected chi connectivity index (χ2v) is 3.56. The van der Waals surface area contributed by atoms with Crippen LogP contribution in [0.15, 0.2) is 12.1 Å². The number of benzene rings is 1. The number of ether oxygens (including phenoxy) is 2. The first-order chi connectivity index (χ1) is 7.13. The highest BCUT2D eigenvalue weighted by molar-refractivity contribution is 5.53. The topological polar surface area (TPSA) is 42.2 Å². The molecular weight excluding hydrogens is 190 g/mol. The Hall–Kier alpha value is -1.69. The summed E-state index contributed by atoms with van der Waals surface area (Å²) in [5.41, 5.74) is 1.54. The Morgan fingerprint density at radius 3 is 2.27 bits per heavy atom. The molecule has 0 saturated heterocycles. The molecule has 0 aliphatic heterocycles. The normalized spacial score (nSPS) is 9.87. The van der Waals surface area contributed by atoms with Gasteiger partial charge in [-0.25, -0.2) is 0 Å². The second kappa shape index (κ2) is 4.70. The van der Waals surface area contributed by atoms with E-state index >= 15 is 0 Å². The Bertz CT molecular complexity index is 391. The molecule has 0 fully saturated rings. The Morgan fingerprint density at radius 2 is 1.87 bits per heavy atom. The van der Waals surface area contributed by atoms with Crippen LogP contribution in [0.4, 0.5) is 0 Å². The average Bonchev–Trinajstić information content (AvgIpc) is 2.26. The molecule has 0 spiro atoms. The molecule has 1 aromatic rings. The Morgan fingerprint density at radius 1 is 1.20 bits per heavy atom. The van der Waals surface area contributed by atoms with Crippen molar-refractivity contribution >= 4 is 0 Å². The molecule has 0 aromatic heterocycles. The molecular formula is C12H15NO2. The summed E-state index contributed by atoms with van der Waals surface area (Å²) in [7, 11) is 3.17. The summed E-state index contributed by atoms with van der Waals surface area (Å²) in [6.45, 7) is 4.07. The quantitative estimate of drug-likeness (QED) is 0.761. The molecule has 1 rings (SSSR count). The largest absolute Gasteiger partial charge is 0.497 e. The van der Waals surface area contributed by atoms with Gasteiger partial charge in [0.25, 0.3) is 0 Å². The highest BCUT2D eigenvalue weighted by Crippen LogP contribution is 2.33. The fraction of sp³-hybridized carbons (Fsp3) is 0.417. The van der Waals surface area contributed by atoms with E-state index in [1.54, 1.807) is 26.4 Å². The Labute approximate surface area is 90.2 Å². The van der Waals surface area contributed by atoms with Gasteiger partial charge in [-0.3, -0.25) is 0 Å². The third-order valence-electron chi connectivity index (χ3n) is 2.27. The van der Waals surface area contributed by atoms with E-state index in [1.165, 1.54) is 0 Å². The molecule has 1 aromatic carbocycles. The van der Waals surface area contributed by atoms with E-state index in [1.807, 2.05) is 13.8 Å². The van der Waals surface area contributed by atoms with Crippen LogP contribution in [0.3, 0.4) is 0 Å². The lowest BCUT2D eigenvalue weighted by atomic mass is 9.96. The standard InChI is InChI=1S/C12H15NO2/c1-8(2)12-9(7-13)5-10(14-3)6-11(12)15-4/h5-6,8H,1-4H3. The number of hydrogen-bond donors (Lipinski definition) is 0. The van der Waals surface area contributed by atoms with Crippen molar-refractivity contribution < 1.29 is 9.47 Å². The van der Waals surface area contributed by atoms with Crippen molar-refractivity contribution in [2.24, 2.45) is 0 Å². The minimum absolute atomic E-state index is 0.250. The van der Waals surface area contributed by atoms with Crippen molar-refractivity contribution in [3.8, 4) is 17.6 Å². The van der Waals surface area contributed by atoms with Crippen LogP contribution in [0, 0.1) is 11.3 Å². The lowest BCUT2D eigenvalue weighted by Gasteiger charge is -2.14. The predicted molar refractivity (Wildman–Crippen MR) is 58.4 cm³/mol. The van der Waals surface area contributed by atoms with Crippen LogP contribution in [-0.2, 0) is 0 Å². The monoisotopic (exact) mass is 205 g/mol. The molecule has 0 aliphatic rings. The SMILES string of the molecule is COc1cc(C#N)c(C(C)C)c(OC)c1. The van der Waals surface area contributed by atoms with E-state index in [0.717, 1.165) is 5.56 Å². The molecule has 0 aliphatic carbocycles. The van der Waals surface area contributed by atoms with Gasteiger partial charge in [-0.2, -0.15) is 5.26 Å². The van der Waals surface area contributed by atoms with Gasteiger partial charge in [0.1, 0.15) is 11.5 Å². The van der Waals surface area contributed by atoms with Gasteiger partial charge in [0.05, 0.1) is 25.9 Å². The number of hydrogen-bond acceptors (Lipinski definition) is 3. The third-order valence-corrected chi connectivity index (χ3v) is 2.27. The summed E-state index contributed by atoms with van der Waals surface area (Å²) in [6.07, 6.45) is 0. The number of nitrogens with zero attached hydrogens (tertiary/aromatic N) is 1. The first-order valence-electron chi connectivity index (χ1n) is 4.80. The van der Waals surface area contributed by atoms with Gasteiger partial charge in [0.15, 0.2) is 0 Å². The first-order valence-corrected chi connectivity index (χ1v) is 4.80. The molecule has 3 heteroatoms. The number of methoxy groups -OCH3 is 2. The maximum Gasteiger partial charge on any atom is 0.127 e. The van der Waals surface area contributed by atoms with Crippen molar-refractivity contribution in [3.63, 3.8) is 0 Å². The van der Waals surface area contributed by atoms with E-state index in [-0.39, 0.29) is 5.92 Å². The smallest absolute Gasteiger partial charge is 0.127 e. The molecule has 0 N–H and O–H groups in total. The van der Waals surface area contributed by atoms with Crippen molar-refractivity contribution in [2.75, 3.05) is 14.2 Å². The van der Waals surface area contributed by atoms with Crippen molar-refractivity contribution in [2.45, 2.75) is 19.8 Å². The van der Waals surface area contributed by atoms with Crippen LogP contribution in [-0.4, -0.2) is 14.2 Å². The van der Waals surface area contributed by atoms with Crippen LogP contribution in [0.5, 0.6) is 11.5 Å². The van der Waals surface area contributed by atoms with Crippen LogP contribution in [0.25, 0.3) is 0 Å². The molecule has 0 saturated carbocycles. The van der Waals surface area contributed by atoms with Gasteiger partial charge < -0.3 is 9.47 Å². The van der Waals surface area contributed by atoms with Gasteiger partial charge >= 0.3 is 0 Å². The molecule has 15 heavy (non-hydrogen) atoms. The summed E-state index contributed by atoms with van der Waals surface area (Å²) in [4.78, 5) is 0. The summed E-state index contributed by atoms with van der Waals surface area (Å²) in [5, 5.41) is 9.05. The maximum atomic E-state index is 9.05. The van der Waals surface area contributed by atoms with E-state index in [0.29, 0.717) is 17.1 Å². The summed E-state index contributed by atoms with van der Waals surface area (Å²) >= 11 is 0. The summed E-state index contributed by atoms with van der Waals surface area (Å²) in [5.74, 6) is 1.61. The number of rotatable bonds is 3. The van der Waals surface area contributed by atoms with Crippen molar-refractivity contribution in [1.82, 2.24) is 0 Å². The first kappa shape index (κ1) is 11.4. The van der Waals surface area contributed by atoms with Crippen LogP contribution < -0.4 is 9.47 Å². The molecule has 0 radical (unpaired) electrons. The van der Waals surface area contributed by atoms with Gasteiger partial charge in [-0.05, 0) is 12.0 Å². The lowest BCUT2D eigenvalue weighted by molar-refractivity contribution is 0.389. The zero-order valence-electron chi connectivity index (χ0n) is 9.50. The van der Waals surface area contributed by atoms with Crippen LogP contribution >= 0.6 is 0 Å². The van der Waals surface area contributed by atoms with E-state index in [4.69, 9.17) is 14.7 Å². The van der Waals surface area contributed by atoms with E-state index < -0.39 is 0 Å². The average molecular weight is 205 g/mol. The van der Waals surface area contributed by atoms with Crippen molar-refractivity contribution in [3.05, 3.63) is 23.3 Å². The Balaban J connectivity index is 3.41. The maximum absolute atomic E-state index is 9.05. The molecule has 0 heterocycles. The third kappa shape index (κ3) is 2.21. The van der Waals surface area contributed by atoms with Gasteiger partial charge in [0.2, 0.25) is 0 Å². The highest BCUT2D eigenvalue weighted by atomic mass is 16.5. The second-order valence-electron chi connectivity index (χ2n) is 3.56. The zero-order chi connectivity index (χ0) is 11.4. The molecule has 0 unspecified atom stereocenters. The fourth-order valence-corrected chi connectivity index (χ4v) is 1.58. The highest BCUT2D eigenvalue weighted by Gasteiger charge is 2.14. The molecule has 0 amide bonds. The van der Waals surface area contributed by atoms with Crippen LogP contribution in [0.2, 0.25) is 0 Å². The van der Waals surface area contributed by atoms with Gasteiger partial charge in [-0.15, -0.1) is 0 Å². The van der Waals surface area contributed by atoms with Crippen LogP contribution in [0.1, 0.15) is 30.9 Å². The minimum atomic E-state index is 0.250. The molecule has 0 atom stereocenters. The van der Waals surface area contributed by atoms with Gasteiger partial charge in [0, 0.05) is 11.6 Å². The van der Waals surface area contributed by atoms with E-state index in [9.17, 15) is 0 Å². The van der Waals surface area contributed by atoms with Gasteiger partial charge in [-0.1, -0.05) is 13.8 Å².